The average Bonchev–Trinajstić information content (AvgIpc) is 3.33. The molecular formula is C25H32N6O4. The molecule has 0 aromatic carbocycles. The Hall–Kier alpha value is -3.87. The molecule has 3 rings (SSSR count). The van der Waals surface area contributed by atoms with Gasteiger partial charge < -0.3 is 13.9 Å². The van der Waals surface area contributed by atoms with Gasteiger partial charge in [-0.1, -0.05) is 20.3 Å². The number of nitriles is 1. The van der Waals surface area contributed by atoms with Gasteiger partial charge in [-0.15, -0.1) is 0 Å². The first-order valence-electron chi connectivity index (χ1n) is 11.9. The zero-order valence-electron chi connectivity index (χ0n) is 21.0. The van der Waals surface area contributed by atoms with Gasteiger partial charge in [0, 0.05) is 31.0 Å². The van der Waals surface area contributed by atoms with Gasteiger partial charge in [0.15, 0.2) is 11.2 Å². The van der Waals surface area contributed by atoms with Crippen LogP contribution in [0.2, 0.25) is 0 Å². The number of imidazole rings is 1. The number of aromatic amines is 1. The van der Waals surface area contributed by atoms with Crippen molar-refractivity contribution in [2.24, 2.45) is 0 Å². The van der Waals surface area contributed by atoms with Crippen LogP contribution in [0.15, 0.2) is 21.2 Å². The van der Waals surface area contributed by atoms with Crippen molar-refractivity contribution in [1.82, 2.24) is 23.7 Å². The monoisotopic (exact) mass is 480 g/mol. The lowest BCUT2D eigenvalue weighted by molar-refractivity contribution is -0.140. The van der Waals surface area contributed by atoms with Crippen molar-refractivity contribution in [3.8, 4) is 6.07 Å². The molecule has 0 aliphatic heterocycles. The van der Waals surface area contributed by atoms with Crippen molar-refractivity contribution in [2.45, 2.75) is 80.1 Å². The molecule has 3 aromatic rings. The number of fused-ring (bicyclic) bond motifs is 1. The minimum Gasteiger partial charge on any atom is -0.453 e. The van der Waals surface area contributed by atoms with Crippen LogP contribution in [-0.2, 0) is 35.8 Å². The first-order valence-corrected chi connectivity index (χ1v) is 11.9. The predicted octanol–water partition coefficient (Wildman–Crippen LogP) is 3.19. The Kier molecular flexibility index (Phi) is 8.12. The molecule has 10 heteroatoms. The zero-order valence-corrected chi connectivity index (χ0v) is 21.0. The average molecular weight is 481 g/mol. The predicted molar refractivity (Wildman–Crippen MR) is 133 cm³/mol. The molecule has 3 aromatic heterocycles. The Labute approximate surface area is 203 Å². The molecule has 0 spiro atoms. The van der Waals surface area contributed by atoms with Crippen LogP contribution >= 0.6 is 0 Å². The quantitative estimate of drug-likeness (QED) is 0.270. The smallest absolute Gasteiger partial charge is 0.349 e. The van der Waals surface area contributed by atoms with Crippen molar-refractivity contribution in [2.75, 3.05) is 0 Å². The molecule has 0 aliphatic carbocycles. The summed E-state index contributed by atoms with van der Waals surface area (Å²) < 4.78 is 10.6. The molecule has 0 saturated carbocycles. The van der Waals surface area contributed by atoms with Crippen LogP contribution in [0.5, 0.6) is 0 Å². The number of hydrogen-bond acceptors (Lipinski definition) is 6. The molecule has 0 radical (unpaired) electrons. The topological polar surface area (TPSA) is 128 Å². The van der Waals surface area contributed by atoms with Crippen molar-refractivity contribution < 1.29 is 9.53 Å². The third-order valence-corrected chi connectivity index (χ3v) is 6.05. The van der Waals surface area contributed by atoms with E-state index in [0.29, 0.717) is 18.9 Å². The number of nitrogens with one attached hydrogen (secondary N) is 1. The summed E-state index contributed by atoms with van der Waals surface area (Å²) in [5.41, 5.74) is 2.16. The van der Waals surface area contributed by atoms with Gasteiger partial charge in [0.05, 0.1) is 0 Å². The van der Waals surface area contributed by atoms with E-state index < -0.39 is 17.2 Å². The normalized spacial score (nSPS) is 11.7. The van der Waals surface area contributed by atoms with Crippen LogP contribution in [0.1, 0.15) is 62.8 Å². The minimum absolute atomic E-state index is 0.126. The summed E-state index contributed by atoms with van der Waals surface area (Å²) in [5.74, 6) is -0.449. The molecule has 0 fully saturated rings. The van der Waals surface area contributed by atoms with Gasteiger partial charge in [-0.25, -0.2) is 14.6 Å². The number of nitrogens with zero attached hydrogens (tertiary/aromatic N) is 5. The highest BCUT2D eigenvalue weighted by Gasteiger charge is 2.20. The second kappa shape index (κ2) is 11.0. The minimum atomic E-state index is -0.778. The second-order valence-corrected chi connectivity index (χ2v) is 8.43. The number of carbonyl (C=O) groups is 1. The standard InChI is InChI=1S/C25H32N6O4/c1-6-9-11-31-22-21(23(32)28-25(31)34)29(8-3)20(27-22)15-35-24(33)19(14-26)13-18-12-16(4)30(10-7-2)17(18)5/h12-13H,6-11,15H2,1-5H3,(H,28,32,34)/b19-13+. The molecule has 0 saturated heterocycles. The summed E-state index contributed by atoms with van der Waals surface area (Å²) in [6, 6.07) is 3.87. The van der Waals surface area contributed by atoms with Crippen molar-refractivity contribution in [3.05, 3.63) is 55.3 Å². The Morgan fingerprint density at radius 2 is 1.89 bits per heavy atom. The highest BCUT2D eigenvalue weighted by atomic mass is 16.5. The van der Waals surface area contributed by atoms with Crippen LogP contribution in [0, 0.1) is 25.2 Å². The van der Waals surface area contributed by atoms with Gasteiger partial charge in [0.2, 0.25) is 0 Å². The molecule has 0 unspecified atom stereocenters. The number of aromatic nitrogens is 5. The Morgan fingerprint density at radius 1 is 1.14 bits per heavy atom. The lowest BCUT2D eigenvalue weighted by atomic mass is 10.1. The molecule has 186 valence electrons. The summed E-state index contributed by atoms with van der Waals surface area (Å²) in [4.78, 5) is 44.5. The van der Waals surface area contributed by atoms with E-state index in [1.807, 2.05) is 39.8 Å². The van der Waals surface area contributed by atoms with E-state index in [2.05, 4.69) is 21.5 Å². The summed E-state index contributed by atoms with van der Waals surface area (Å²) in [6.45, 7) is 11.3. The van der Waals surface area contributed by atoms with Crippen molar-refractivity contribution in [1.29, 1.82) is 5.26 Å². The lowest BCUT2D eigenvalue weighted by Crippen LogP contribution is -2.31. The fourth-order valence-electron chi connectivity index (χ4n) is 4.23. The number of unbranched alkanes of at least 4 members (excludes halogenated alkanes) is 1. The van der Waals surface area contributed by atoms with Gasteiger partial charge in [0.25, 0.3) is 5.56 Å². The maximum absolute atomic E-state index is 12.7. The summed E-state index contributed by atoms with van der Waals surface area (Å²) in [6.07, 6.45) is 4.13. The van der Waals surface area contributed by atoms with Crippen LogP contribution in [0.25, 0.3) is 17.2 Å². The maximum Gasteiger partial charge on any atom is 0.349 e. The Morgan fingerprint density at radius 3 is 2.51 bits per heavy atom. The molecular weight excluding hydrogens is 448 g/mol. The zero-order chi connectivity index (χ0) is 25.7. The number of H-pyrrole nitrogens is 1. The van der Waals surface area contributed by atoms with E-state index in [1.165, 1.54) is 10.6 Å². The number of carbonyl (C=O) groups excluding carboxylic acids is 1. The number of rotatable bonds is 10. The summed E-state index contributed by atoms with van der Waals surface area (Å²) in [5, 5.41) is 9.60. The van der Waals surface area contributed by atoms with Crippen molar-refractivity contribution in [3.63, 3.8) is 0 Å². The van der Waals surface area contributed by atoms with Gasteiger partial charge in [0.1, 0.15) is 24.1 Å². The van der Waals surface area contributed by atoms with E-state index in [0.717, 1.165) is 42.8 Å². The Bertz CT molecular complexity index is 1430. The highest BCUT2D eigenvalue weighted by molar-refractivity contribution is 5.98. The highest BCUT2D eigenvalue weighted by Crippen LogP contribution is 2.20. The number of ether oxygens (including phenoxy) is 1. The summed E-state index contributed by atoms with van der Waals surface area (Å²) >= 11 is 0. The van der Waals surface area contributed by atoms with Gasteiger partial charge in [-0.05, 0) is 51.3 Å². The van der Waals surface area contributed by atoms with Gasteiger partial charge >= 0.3 is 11.7 Å². The molecule has 0 aliphatic rings. The SMILES string of the molecule is CCCCn1c(=O)[nH]c(=O)c2c1nc(COC(=O)/C(C#N)=C/c1cc(C)n(CCC)c1C)n2CC. The fraction of sp³-hybridized carbons (Fsp3) is 0.480. The number of esters is 1. The largest absolute Gasteiger partial charge is 0.453 e. The third-order valence-electron chi connectivity index (χ3n) is 6.05. The molecule has 3 heterocycles. The number of aryl methyl sites for hydroxylation is 3. The van der Waals surface area contributed by atoms with Crippen LogP contribution < -0.4 is 11.2 Å². The van der Waals surface area contributed by atoms with E-state index in [-0.39, 0.29) is 23.3 Å². The van der Waals surface area contributed by atoms with Crippen molar-refractivity contribution >= 4 is 23.2 Å². The molecule has 0 amide bonds. The first kappa shape index (κ1) is 25.7. The molecule has 35 heavy (non-hydrogen) atoms. The molecule has 10 nitrogen and oxygen atoms in total. The van der Waals surface area contributed by atoms with Gasteiger partial charge in [-0.3, -0.25) is 14.3 Å². The first-order chi connectivity index (χ1) is 16.8. The van der Waals surface area contributed by atoms with Gasteiger partial charge in [-0.2, -0.15) is 5.26 Å². The molecule has 0 bridgehead atoms. The summed E-state index contributed by atoms with van der Waals surface area (Å²) in [7, 11) is 0. The van der Waals surface area contributed by atoms with Crippen LogP contribution in [0.3, 0.4) is 0 Å². The maximum atomic E-state index is 12.7. The van der Waals surface area contributed by atoms with Crippen LogP contribution in [0.4, 0.5) is 0 Å². The van der Waals surface area contributed by atoms with E-state index in [9.17, 15) is 19.6 Å². The van der Waals surface area contributed by atoms with E-state index in [1.54, 1.807) is 4.57 Å². The number of hydrogen-bond donors (Lipinski definition) is 1. The lowest BCUT2D eigenvalue weighted by Gasteiger charge is -2.08. The second-order valence-electron chi connectivity index (χ2n) is 8.43. The van der Waals surface area contributed by atoms with E-state index >= 15 is 0 Å². The fourth-order valence-corrected chi connectivity index (χ4v) is 4.23. The molecule has 0 atom stereocenters. The Balaban J connectivity index is 1.92. The van der Waals surface area contributed by atoms with Crippen LogP contribution in [-0.4, -0.2) is 29.6 Å². The molecule has 1 N–H and O–H groups in total. The third kappa shape index (κ3) is 5.14. The van der Waals surface area contributed by atoms with E-state index in [4.69, 9.17) is 4.74 Å².